The molecule has 1 aliphatic rings. The lowest BCUT2D eigenvalue weighted by Crippen LogP contribution is -2.36. The van der Waals surface area contributed by atoms with E-state index in [2.05, 4.69) is 0 Å². The number of Topliss-reactive ketones (excluding diaryl/α,β-unsaturated/α-hetero) is 1. The van der Waals surface area contributed by atoms with E-state index in [1.807, 2.05) is 0 Å². The summed E-state index contributed by atoms with van der Waals surface area (Å²) < 4.78 is 59.4. The van der Waals surface area contributed by atoms with Crippen molar-refractivity contribution in [3.8, 4) is 0 Å². The van der Waals surface area contributed by atoms with Crippen molar-refractivity contribution < 1.29 is 26.7 Å². The number of carbonyl (C=O) groups excluding carboxylic acids is 1. The van der Waals surface area contributed by atoms with Gasteiger partial charge in [0.2, 0.25) is 0 Å². The lowest BCUT2D eigenvalue weighted by atomic mass is 10.1. The molecular weight excluding hydrogens is 197 g/mol. The van der Waals surface area contributed by atoms with Crippen molar-refractivity contribution >= 4 is 5.78 Å². The predicted octanol–water partition coefficient (Wildman–Crippen LogP) is 1.24. The fourth-order valence-corrected chi connectivity index (χ4v) is 0.896. The second-order valence-electron chi connectivity index (χ2n) is 2.40. The SMILES string of the molecule is O=C1C(C(F)(F)F)=CNC1C(F)F. The Balaban J connectivity index is 2.81. The Morgan fingerprint density at radius 1 is 1.38 bits per heavy atom. The molecule has 1 aliphatic heterocycles. The molecule has 74 valence electrons. The maximum Gasteiger partial charge on any atom is 0.421 e. The van der Waals surface area contributed by atoms with Gasteiger partial charge in [0.05, 0.1) is 0 Å². The topological polar surface area (TPSA) is 29.1 Å². The third kappa shape index (κ3) is 1.78. The highest BCUT2D eigenvalue weighted by Crippen LogP contribution is 2.30. The van der Waals surface area contributed by atoms with E-state index in [1.54, 1.807) is 5.32 Å². The molecule has 1 rings (SSSR count). The van der Waals surface area contributed by atoms with E-state index in [4.69, 9.17) is 0 Å². The average Bonchev–Trinajstić information content (AvgIpc) is 2.28. The first-order chi connectivity index (χ1) is 5.84. The Hall–Kier alpha value is -1.14. The minimum atomic E-state index is -4.87. The van der Waals surface area contributed by atoms with Gasteiger partial charge in [0, 0.05) is 6.20 Å². The maximum atomic E-state index is 11.9. The summed E-state index contributed by atoms with van der Waals surface area (Å²) in [7, 11) is 0. The van der Waals surface area contributed by atoms with Crippen LogP contribution in [-0.4, -0.2) is 24.4 Å². The molecule has 0 bridgehead atoms. The summed E-state index contributed by atoms with van der Waals surface area (Å²) in [6.07, 6.45) is -7.73. The van der Waals surface area contributed by atoms with Gasteiger partial charge in [0.25, 0.3) is 6.43 Å². The molecule has 1 unspecified atom stereocenters. The fourth-order valence-electron chi connectivity index (χ4n) is 0.896. The van der Waals surface area contributed by atoms with Crippen LogP contribution in [0.4, 0.5) is 22.0 Å². The zero-order chi connectivity index (χ0) is 10.2. The monoisotopic (exact) mass is 201 g/mol. The zero-order valence-electron chi connectivity index (χ0n) is 6.03. The second kappa shape index (κ2) is 2.97. The minimum absolute atomic E-state index is 0.277. The van der Waals surface area contributed by atoms with Crippen LogP contribution in [0.25, 0.3) is 0 Å². The number of ketones is 1. The van der Waals surface area contributed by atoms with Crippen LogP contribution in [0.15, 0.2) is 11.8 Å². The number of alkyl halides is 5. The van der Waals surface area contributed by atoms with E-state index in [9.17, 15) is 26.7 Å². The second-order valence-corrected chi connectivity index (χ2v) is 2.40. The van der Waals surface area contributed by atoms with E-state index >= 15 is 0 Å². The molecule has 0 aromatic rings. The van der Waals surface area contributed by atoms with E-state index in [0.717, 1.165) is 0 Å². The lowest BCUT2D eigenvalue weighted by Gasteiger charge is -2.09. The Kier molecular flexibility index (Phi) is 2.27. The molecule has 0 radical (unpaired) electrons. The number of halogens is 5. The molecule has 0 aromatic heterocycles. The van der Waals surface area contributed by atoms with Crippen molar-refractivity contribution in [3.05, 3.63) is 11.8 Å². The molecule has 0 amide bonds. The highest BCUT2D eigenvalue weighted by Gasteiger charge is 2.46. The molecule has 1 heterocycles. The summed E-state index contributed by atoms with van der Waals surface area (Å²) >= 11 is 0. The standard InChI is InChI=1S/C6H4F5NO/c7-5(8)3-4(13)2(1-12-3)6(9,10)11/h1,3,5,12H. The van der Waals surface area contributed by atoms with E-state index in [0.29, 0.717) is 0 Å². The maximum absolute atomic E-state index is 11.9. The molecule has 0 saturated heterocycles. The molecule has 2 nitrogen and oxygen atoms in total. The van der Waals surface area contributed by atoms with E-state index in [1.165, 1.54) is 0 Å². The van der Waals surface area contributed by atoms with Crippen LogP contribution in [0, 0.1) is 0 Å². The number of nitrogens with one attached hydrogen (secondary N) is 1. The van der Waals surface area contributed by atoms with E-state index in [-0.39, 0.29) is 6.20 Å². The fraction of sp³-hybridized carbons (Fsp3) is 0.500. The third-order valence-electron chi connectivity index (χ3n) is 1.51. The highest BCUT2D eigenvalue weighted by molar-refractivity contribution is 6.03. The van der Waals surface area contributed by atoms with Crippen molar-refractivity contribution in [2.45, 2.75) is 18.6 Å². The van der Waals surface area contributed by atoms with Crippen molar-refractivity contribution in [1.82, 2.24) is 5.32 Å². The van der Waals surface area contributed by atoms with Crippen LogP contribution >= 0.6 is 0 Å². The smallest absolute Gasteiger partial charge is 0.376 e. The lowest BCUT2D eigenvalue weighted by molar-refractivity contribution is -0.131. The van der Waals surface area contributed by atoms with E-state index < -0.39 is 30.0 Å². The van der Waals surface area contributed by atoms with Gasteiger partial charge >= 0.3 is 6.18 Å². The minimum Gasteiger partial charge on any atom is -0.376 e. The van der Waals surface area contributed by atoms with Crippen molar-refractivity contribution in [2.75, 3.05) is 0 Å². The Labute approximate surface area is 69.4 Å². The summed E-state index contributed by atoms with van der Waals surface area (Å²) in [5.74, 6) is -1.61. The first-order valence-corrected chi connectivity index (χ1v) is 3.20. The molecule has 0 saturated carbocycles. The molecule has 0 aliphatic carbocycles. The van der Waals surface area contributed by atoms with Crippen LogP contribution in [0.1, 0.15) is 0 Å². The summed E-state index contributed by atoms with van der Waals surface area (Å²) in [6, 6.07) is -2.06. The molecule has 0 fully saturated rings. The summed E-state index contributed by atoms with van der Waals surface area (Å²) in [4.78, 5) is 10.7. The molecule has 1 N–H and O–H groups in total. The Morgan fingerprint density at radius 3 is 2.15 bits per heavy atom. The Morgan fingerprint density at radius 2 is 1.92 bits per heavy atom. The summed E-state index contributed by atoms with van der Waals surface area (Å²) in [6.45, 7) is 0. The highest BCUT2D eigenvalue weighted by atomic mass is 19.4. The summed E-state index contributed by atoms with van der Waals surface area (Å²) in [5.41, 5.74) is -1.56. The van der Waals surface area contributed by atoms with Crippen molar-refractivity contribution in [1.29, 1.82) is 0 Å². The van der Waals surface area contributed by atoms with Gasteiger partial charge in [-0.25, -0.2) is 8.78 Å². The van der Waals surface area contributed by atoms with Crippen LogP contribution in [0.2, 0.25) is 0 Å². The van der Waals surface area contributed by atoms with Gasteiger partial charge in [-0.1, -0.05) is 0 Å². The first kappa shape index (κ1) is 9.94. The Bertz CT molecular complexity index is 256. The number of hydrogen-bond acceptors (Lipinski definition) is 2. The predicted molar refractivity (Wildman–Crippen MR) is 32.1 cm³/mol. The largest absolute Gasteiger partial charge is 0.421 e. The van der Waals surface area contributed by atoms with Crippen LogP contribution in [0.5, 0.6) is 0 Å². The quantitative estimate of drug-likeness (QED) is 0.646. The normalized spacial score (nSPS) is 23.4. The van der Waals surface area contributed by atoms with Crippen molar-refractivity contribution in [2.24, 2.45) is 0 Å². The van der Waals surface area contributed by atoms with Gasteiger partial charge in [-0.2, -0.15) is 13.2 Å². The van der Waals surface area contributed by atoms with Crippen LogP contribution in [0.3, 0.4) is 0 Å². The van der Waals surface area contributed by atoms with Gasteiger partial charge in [-0.15, -0.1) is 0 Å². The van der Waals surface area contributed by atoms with Gasteiger partial charge in [-0.05, 0) is 0 Å². The summed E-state index contributed by atoms with van der Waals surface area (Å²) in [5, 5.41) is 1.68. The number of hydrogen-bond donors (Lipinski definition) is 1. The number of carbonyl (C=O) groups is 1. The molecule has 1 atom stereocenters. The third-order valence-corrected chi connectivity index (χ3v) is 1.51. The molecule has 0 spiro atoms. The van der Waals surface area contributed by atoms with Gasteiger partial charge in [-0.3, -0.25) is 4.79 Å². The first-order valence-electron chi connectivity index (χ1n) is 3.20. The molecule has 0 aromatic carbocycles. The number of rotatable bonds is 1. The van der Waals surface area contributed by atoms with Crippen LogP contribution < -0.4 is 5.32 Å². The van der Waals surface area contributed by atoms with Gasteiger partial charge in [0.15, 0.2) is 11.8 Å². The zero-order valence-corrected chi connectivity index (χ0v) is 6.03. The van der Waals surface area contributed by atoms with Crippen molar-refractivity contribution in [3.63, 3.8) is 0 Å². The van der Waals surface area contributed by atoms with Gasteiger partial charge < -0.3 is 5.32 Å². The van der Waals surface area contributed by atoms with Gasteiger partial charge in [0.1, 0.15) is 5.57 Å². The van der Waals surface area contributed by atoms with Crippen LogP contribution in [-0.2, 0) is 4.79 Å². The molecule has 13 heavy (non-hydrogen) atoms. The average molecular weight is 201 g/mol. The molecular formula is C6H4F5NO. The molecule has 7 heteroatoms.